The Morgan fingerprint density at radius 1 is 1.33 bits per heavy atom. The van der Waals surface area contributed by atoms with Crippen LogP contribution in [0.25, 0.3) is 0 Å². The van der Waals surface area contributed by atoms with Gasteiger partial charge in [0.25, 0.3) is 0 Å². The van der Waals surface area contributed by atoms with Gasteiger partial charge in [-0.05, 0) is 62.8 Å². The van der Waals surface area contributed by atoms with Crippen LogP contribution in [0.2, 0.25) is 0 Å². The highest BCUT2D eigenvalue weighted by Gasteiger charge is 2.20. The number of aliphatic hydroxyl groups excluding tert-OH is 1. The first-order chi connectivity index (χ1) is 10.2. The summed E-state index contributed by atoms with van der Waals surface area (Å²) in [5.74, 6) is 0. The lowest BCUT2D eigenvalue weighted by atomic mass is 9.97. The number of hydrogen-bond acceptors (Lipinski definition) is 3. The summed E-state index contributed by atoms with van der Waals surface area (Å²) in [4.78, 5) is 2.53. The molecule has 2 atom stereocenters. The number of nitrogens with one attached hydrogen (secondary N) is 1. The molecule has 21 heavy (non-hydrogen) atoms. The van der Waals surface area contributed by atoms with Gasteiger partial charge in [-0.1, -0.05) is 18.6 Å². The van der Waals surface area contributed by atoms with Crippen molar-refractivity contribution in [3.8, 4) is 0 Å². The van der Waals surface area contributed by atoms with Crippen LogP contribution in [-0.4, -0.2) is 35.7 Å². The van der Waals surface area contributed by atoms with Crippen molar-refractivity contribution < 1.29 is 5.11 Å². The average molecular weight is 288 g/mol. The van der Waals surface area contributed by atoms with Gasteiger partial charge in [0, 0.05) is 24.8 Å². The van der Waals surface area contributed by atoms with Gasteiger partial charge in [0.2, 0.25) is 0 Å². The number of aryl methyl sites for hydroxylation is 1. The molecule has 0 saturated carbocycles. The number of aliphatic hydroxyl groups is 1. The molecule has 0 amide bonds. The van der Waals surface area contributed by atoms with E-state index in [2.05, 4.69) is 35.3 Å². The molecule has 2 unspecified atom stereocenters. The molecule has 2 N–H and O–H groups in total. The zero-order valence-electron chi connectivity index (χ0n) is 13.1. The molecule has 1 saturated heterocycles. The summed E-state index contributed by atoms with van der Waals surface area (Å²) in [6, 6.07) is 7.10. The van der Waals surface area contributed by atoms with E-state index < -0.39 is 0 Å². The Morgan fingerprint density at radius 3 is 3.10 bits per heavy atom. The first-order valence-electron chi connectivity index (χ1n) is 8.53. The van der Waals surface area contributed by atoms with Crippen molar-refractivity contribution in [1.29, 1.82) is 0 Å². The topological polar surface area (TPSA) is 35.5 Å². The van der Waals surface area contributed by atoms with E-state index in [0.717, 1.165) is 31.5 Å². The van der Waals surface area contributed by atoms with Crippen molar-refractivity contribution in [2.45, 2.75) is 57.6 Å². The summed E-state index contributed by atoms with van der Waals surface area (Å²) in [6.45, 7) is 5.59. The van der Waals surface area contributed by atoms with Gasteiger partial charge in [-0.15, -0.1) is 0 Å². The first kappa shape index (κ1) is 14.9. The predicted octanol–water partition coefficient (Wildman–Crippen LogP) is 3.34. The molecule has 0 bridgehead atoms. The van der Waals surface area contributed by atoms with Crippen LogP contribution in [-0.2, 0) is 6.42 Å². The minimum atomic E-state index is -0.327. The van der Waals surface area contributed by atoms with Gasteiger partial charge in [0.05, 0.1) is 6.10 Å². The maximum atomic E-state index is 10.5. The molecule has 3 heteroatoms. The van der Waals surface area contributed by atoms with Crippen LogP contribution in [0.5, 0.6) is 0 Å². The fourth-order valence-electron chi connectivity index (χ4n) is 3.65. The maximum Gasteiger partial charge on any atom is 0.0802 e. The molecule has 1 aromatic rings. The van der Waals surface area contributed by atoms with E-state index in [4.69, 9.17) is 0 Å². The zero-order chi connectivity index (χ0) is 14.7. The van der Waals surface area contributed by atoms with Crippen LogP contribution in [0.4, 0.5) is 5.69 Å². The molecule has 1 fully saturated rings. The van der Waals surface area contributed by atoms with Crippen LogP contribution in [0.1, 0.15) is 56.3 Å². The molecule has 2 aliphatic heterocycles. The molecule has 116 valence electrons. The summed E-state index contributed by atoms with van der Waals surface area (Å²) < 4.78 is 0. The Labute approximate surface area is 128 Å². The lowest BCUT2D eigenvalue weighted by Gasteiger charge is -2.33. The summed E-state index contributed by atoms with van der Waals surface area (Å²) in [5.41, 5.74) is 3.70. The molecule has 0 aliphatic carbocycles. The van der Waals surface area contributed by atoms with Crippen molar-refractivity contribution in [2.24, 2.45) is 0 Å². The minimum absolute atomic E-state index is 0.327. The maximum absolute atomic E-state index is 10.5. The van der Waals surface area contributed by atoms with Crippen molar-refractivity contribution in [3.63, 3.8) is 0 Å². The van der Waals surface area contributed by atoms with Gasteiger partial charge >= 0.3 is 0 Å². The fourth-order valence-corrected chi connectivity index (χ4v) is 3.65. The van der Waals surface area contributed by atoms with Crippen molar-refractivity contribution in [3.05, 3.63) is 29.3 Å². The predicted molar refractivity (Wildman–Crippen MR) is 87.7 cm³/mol. The molecule has 0 spiro atoms. The molecule has 0 radical (unpaired) electrons. The Hall–Kier alpha value is -1.06. The second kappa shape index (κ2) is 6.80. The number of rotatable bonds is 4. The highest BCUT2D eigenvalue weighted by Crippen LogP contribution is 2.27. The standard InChI is InChI=1S/C18H28N2O/c1-14-5-2-3-11-20(14)12-9-18(21)16-7-8-17-15(13-16)6-4-10-19-17/h7-8,13-14,18-19,21H,2-6,9-12H2,1H3. The third-order valence-corrected chi connectivity index (χ3v) is 5.08. The molecule has 0 aromatic heterocycles. The highest BCUT2D eigenvalue weighted by atomic mass is 16.3. The van der Waals surface area contributed by atoms with Crippen molar-refractivity contribution in [2.75, 3.05) is 25.0 Å². The van der Waals surface area contributed by atoms with Gasteiger partial charge in [-0.3, -0.25) is 0 Å². The molecule has 2 heterocycles. The highest BCUT2D eigenvalue weighted by molar-refractivity contribution is 5.54. The van der Waals surface area contributed by atoms with E-state index in [-0.39, 0.29) is 6.10 Å². The second-order valence-electron chi connectivity index (χ2n) is 6.63. The summed E-state index contributed by atoms with van der Waals surface area (Å²) in [6.07, 6.45) is 6.82. The fraction of sp³-hybridized carbons (Fsp3) is 0.667. The average Bonchev–Trinajstić information content (AvgIpc) is 2.53. The molecule has 3 rings (SSSR count). The second-order valence-corrected chi connectivity index (χ2v) is 6.63. The number of likely N-dealkylation sites (tertiary alicyclic amines) is 1. The van der Waals surface area contributed by atoms with E-state index >= 15 is 0 Å². The Kier molecular flexibility index (Phi) is 4.81. The van der Waals surface area contributed by atoms with Crippen molar-refractivity contribution in [1.82, 2.24) is 4.90 Å². The summed E-state index contributed by atoms with van der Waals surface area (Å²) >= 11 is 0. The van der Waals surface area contributed by atoms with Crippen LogP contribution in [0.3, 0.4) is 0 Å². The quantitative estimate of drug-likeness (QED) is 0.892. The third kappa shape index (κ3) is 3.58. The number of benzene rings is 1. The summed E-state index contributed by atoms with van der Waals surface area (Å²) in [5, 5.41) is 13.9. The largest absolute Gasteiger partial charge is 0.388 e. The van der Waals surface area contributed by atoms with E-state index in [1.807, 2.05) is 0 Å². The van der Waals surface area contributed by atoms with Crippen LogP contribution in [0, 0.1) is 0 Å². The first-order valence-corrected chi connectivity index (χ1v) is 8.53. The van der Waals surface area contributed by atoms with Gasteiger partial charge in [-0.25, -0.2) is 0 Å². The SMILES string of the molecule is CC1CCCCN1CCC(O)c1ccc2c(c1)CCCN2. The lowest BCUT2D eigenvalue weighted by molar-refractivity contribution is 0.109. The minimum Gasteiger partial charge on any atom is -0.388 e. The van der Waals surface area contributed by atoms with Crippen LogP contribution in [0.15, 0.2) is 18.2 Å². The number of piperidine rings is 1. The Balaban J connectivity index is 1.58. The smallest absolute Gasteiger partial charge is 0.0802 e. The number of hydrogen-bond donors (Lipinski definition) is 2. The molecular weight excluding hydrogens is 260 g/mol. The zero-order valence-corrected chi connectivity index (χ0v) is 13.1. The molecular formula is C18H28N2O. The van der Waals surface area contributed by atoms with E-state index in [9.17, 15) is 5.11 Å². The number of fused-ring (bicyclic) bond motifs is 1. The van der Waals surface area contributed by atoms with E-state index in [1.165, 1.54) is 43.5 Å². The van der Waals surface area contributed by atoms with E-state index in [1.54, 1.807) is 0 Å². The van der Waals surface area contributed by atoms with Crippen molar-refractivity contribution >= 4 is 5.69 Å². The summed E-state index contributed by atoms with van der Waals surface area (Å²) in [7, 11) is 0. The molecule has 3 nitrogen and oxygen atoms in total. The Morgan fingerprint density at radius 2 is 2.24 bits per heavy atom. The Bertz CT molecular complexity index is 474. The monoisotopic (exact) mass is 288 g/mol. The van der Waals surface area contributed by atoms with Gasteiger partial charge < -0.3 is 15.3 Å². The third-order valence-electron chi connectivity index (χ3n) is 5.08. The molecule has 1 aromatic carbocycles. The van der Waals surface area contributed by atoms with Crippen LogP contribution < -0.4 is 5.32 Å². The number of anilines is 1. The van der Waals surface area contributed by atoms with Crippen LogP contribution >= 0.6 is 0 Å². The number of nitrogens with zero attached hydrogens (tertiary/aromatic N) is 1. The molecule has 2 aliphatic rings. The van der Waals surface area contributed by atoms with Gasteiger partial charge in [0.1, 0.15) is 0 Å². The van der Waals surface area contributed by atoms with Gasteiger partial charge in [-0.2, -0.15) is 0 Å². The lowest BCUT2D eigenvalue weighted by Crippen LogP contribution is -2.38. The van der Waals surface area contributed by atoms with E-state index in [0.29, 0.717) is 6.04 Å². The normalized spacial score (nSPS) is 24.2. The van der Waals surface area contributed by atoms with Gasteiger partial charge in [0.15, 0.2) is 0 Å².